The maximum Gasteiger partial charge on any atom is 0.250 e. The first kappa shape index (κ1) is 9.65. The molecule has 2 N–H and O–H groups in total. The van der Waals surface area contributed by atoms with E-state index in [-0.39, 0.29) is 0 Å². The zero-order valence-electron chi connectivity index (χ0n) is 8.74. The van der Waals surface area contributed by atoms with E-state index in [9.17, 15) is 4.79 Å². The highest BCUT2D eigenvalue weighted by atomic mass is 16.1. The van der Waals surface area contributed by atoms with Crippen LogP contribution in [0.1, 0.15) is 21.6 Å². The van der Waals surface area contributed by atoms with Crippen LogP contribution < -0.4 is 5.73 Å². The molecular formula is C12H12N2O. The summed E-state index contributed by atoms with van der Waals surface area (Å²) in [6, 6.07) is 7.74. The van der Waals surface area contributed by atoms with Crippen molar-refractivity contribution in [3.63, 3.8) is 0 Å². The van der Waals surface area contributed by atoms with E-state index in [0.29, 0.717) is 11.3 Å². The zero-order chi connectivity index (χ0) is 11.0. The molecule has 1 aromatic heterocycles. The van der Waals surface area contributed by atoms with Crippen molar-refractivity contribution in [2.24, 2.45) is 5.73 Å². The van der Waals surface area contributed by atoms with Gasteiger partial charge in [0.25, 0.3) is 5.91 Å². The highest BCUT2D eigenvalue weighted by molar-refractivity contribution is 6.00. The topological polar surface area (TPSA) is 56.0 Å². The number of hydrogen-bond acceptors (Lipinski definition) is 2. The van der Waals surface area contributed by atoms with Gasteiger partial charge in [0, 0.05) is 5.39 Å². The summed E-state index contributed by atoms with van der Waals surface area (Å²) >= 11 is 0. The molecular weight excluding hydrogens is 188 g/mol. The lowest BCUT2D eigenvalue weighted by atomic mass is 10.0. The van der Waals surface area contributed by atoms with E-state index >= 15 is 0 Å². The molecule has 15 heavy (non-hydrogen) atoms. The molecule has 1 aromatic carbocycles. The molecule has 0 bridgehead atoms. The molecule has 0 spiro atoms. The van der Waals surface area contributed by atoms with Crippen molar-refractivity contribution in [2.75, 3.05) is 0 Å². The lowest BCUT2D eigenvalue weighted by molar-refractivity contribution is 0.0999. The molecule has 0 saturated heterocycles. The van der Waals surface area contributed by atoms with Gasteiger partial charge >= 0.3 is 0 Å². The van der Waals surface area contributed by atoms with Crippen LogP contribution >= 0.6 is 0 Å². The van der Waals surface area contributed by atoms with Gasteiger partial charge in [-0.15, -0.1) is 0 Å². The maximum atomic E-state index is 11.3. The third-order valence-corrected chi connectivity index (χ3v) is 2.58. The number of hydrogen-bond donors (Lipinski definition) is 1. The summed E-state index contributed by atoms with van der Waals surface area (Å²) in [5.74, 6) is -0.414. The molecule has 0 atom stereocenters. The predicted molar refractivity (Wildman–Crippen MR) is 59.7 cm³/mol. The quantitative estimate of drug-likeness (QED) is 0.764. The third kappa shape index (κ3) is 1.46. The van der Waals surface area contributed by atoms with E-state index in [4.69, 9.17) is 5.73 Å². The average Bonchev–Trinajstić information content (AvgIpc) is 2.17. The van der Waals surface area contributed by atoms with Gasteiger partial charge in [-0.05, 0) is 25.5 Å². The number of carbonyl (C=O) groups excluding carboxylic acids is 1. The second-order valence-corrected chi connectivity index (χ2v) is 3.58. The Balaban J connectivity index is 2.90. The first-order chi connectivity index (χ1) is 7.11. The molecule has 0 aliphatic carbocycles. The van der Waals surface area contributed by atoms with E-state index in [1.165, 1.54) is 0 Å². The van der Waals surface area contributed by atoms with Crippen molar-refractivity contribution >= 4 is 16.8 Å². The van der Waals surface area contributed by atoms with Gasteiger partial charge in [0.15, 0.2) is 0 Å². The van der Waals surface area contributed by atoms with Crippen molar-refractivity contribution in [3.8, 4) is 0 Å². The normalized spacial score (nSPS) is 10.5. The van der Waals surface area contributed by atoms with Gasteiger partial charge in [-0.3, -0.25) is 9.78 Å². The van der Waals surface area contributed by atoms with Crippen molar-refractivity contribution in [1.29, 1.82) is 0 Å². The van der Waals surface area contributed by atoms with Crippen molar-refractivity contribution in [2.45, 2.75) is 13.8 Å². The molecule has 2 aromatic rings. The van der Waals surface area contributed by atoms with Gasteiger partial charge in [0.05, 0.1) is 16.8 Å². The number of aromatic nitrogens is 1. The maximum absolute atomic E-state index is 11.3. The molecule has 0 saturated carbocycles. The smallest absolute Gasteiger partial charge is 0.250 e. The highest BCUT2D eigenvalue weighted by Crippen LogP contribution is 2.21. The van der Waals surface area contributed by atoms with E-state index < -0.39 is 5.91 Å². The molecule has 0 unspecified atom stereocenters. The van der Waals surface area contributed by atoms with E-state index in [1.54, 1.807) is 6.92 Å². The standard InChI is InChI=1S/C12H12N2O/c1-7-9-5-3-4-6-10(9)14-8(2)11(7)12(13)15/h3-6H,1-2H3,(H2,13,15). The fourth-order valence-corrected chi connectivity index (χ4v) is 1.89. The molecule has 0 radical (unpaired) electrons. The lowest BCUT2D eigenvalue weighted by Gasteiger charge is -2.08. The van der Waals surface area contributed by atoms with Crippen LogP contribution in [-0.2, 0) is 0 Å². The number of rotatable bonds is 1. The van der Waals surface area contributed by atoms with Crippen LogP contribution in [0, 0.1) is 13.8 Å². The summed E-state index contributed by atoms with van der Waals surface area (Å²) in [4.78, 5) is 15.6. The number of para-hydroxylation sites is 1. The van der Waals surface area contributed by atoms with Gasteiger partial charge < -0.3 is 5.73 Å². The Hall–Kier alpha value is -1.90. The lowest BCUT2D eigenvalue weighted by Crippen LogP contribution is -2.15. The number of nitrogens with two attached hydrogens (primary N) is 1. The summed E-state index contributed by atoms with van der Waals surface area (Å²) in [6.45, 7) is 3.70. The number of primary amides is 1. The van der Waals surface area contributed by atoms with Crippen LogP contribution in [0.25, 0.3) is 10.9 Å². The fourth-order valence-electron chi connectivity index (χ4n) is 1.89. The summed E-state index contributed by atoms with van der Waals surface area (Å²) in [6.07, 6.45) is 0. The number of aryl methyl sites for hydroxylation is 2. The first-order valence-electron chi connectivity index (χ1n) is 4.77. The molecule has 2 rings (SSSR count). The Kier molecular flexibility index (Phi) is 2.15. The van der Waals surface area contributed by atoms with Gasteiger partial charge in [-0.25, -0.2) is 0 Å². The van der Waals surface area contributed by atoms with E-state index in [2.05, 4.69) is 4.98 Å². The number of pyridine rings is 1. The summed E-state index contributed by atoms with van der Waals surface area (Å²) < 4.78 is 0. The van der Waals surface area contributed by atoms with Crippen molar-refractivity contribution in [3.05, 3.63) is 41.1 Å². The number of nitrogens with zero attached hydrogens (tertiary/aromatic N) is 1. The minimum Gasteiger partial charge on any atom is -0.366 e. The number of amides is 1. The number of carbonyl (C=O) groups is 1. The molecule has 0 fully saturated rings. The molecule has 1 heterocycles. The summed E-state index contributed by atoms with van der Waals surface area (Å²) in [5.41, 5.74) is 8.37. The minimum absolute atomic E-state index is 0.414. The third-order valence-electron chi connectivity index (χ3n) is 2.58. The van der Waals surface area contributed by atoms with E-state index in [0.717, 1.165) is 16.5 Å². The Morgan fingerprint density at radius 1 is 1.27 bits per heavy atom. The highest BCUT2D eigenvalue weighted by Gasteiger charge is 2.12. The van der Waals surface area contributed by atoms with Gasteiger partial charge in [0.1, 0.15) is 0 Å². The second-order valence-electron chi connectivity index (χ2n) is 3.58. The van der Waals surface area contributed by atoms with Crippen molar-refractivity contribution in [1.82, 2.24) is 4.98 Å². The summed E-state index contributed by atoms with van der Waals surface area (Å²) in [7, 11) is 0. The Bertz CT molecular complexity index is 547. The molecule has 0 aliphatic rings. The average molecular weight is 200 g/mol. The monoisotopic (exact) mass is 200 g/mol. The molecule has 3 nitrogen and oxygen atoms in total. The predicted octanol–water partition coefficient (Wildman–Crippen LogP) is 1.95. The number of benzene rings is 1. The molecule has 3 heteroatoms. The van der Waals surface area contributed by atoms with Crippen LogP contribution in [0.3, 0.4) is 0 Å². The van der Waals surface area contributed by atoms with Gasteiger partial charge in [0.2, 0.25) is 0 Å². The summed E-state index contributed by atoms with van der Waals surface area (Å²) in [5, 5.41) is 0.983. The van der Waals surface area contributed by atoms with Crippen LogP contribution in [0.15, 0.2) is 24.3 Å². The zero-order valence-corrected chi connectivity index (χ0v) is 8.74. The van der Waals surface area contributed by atoms with Crippen LogP contribution in [-0.4, -0.2) is 10.9 Å². The number of fused-ring (bicyclic) bond motifs is 1. The van der Waals surface area contributed by atoms with Crippen LogP contribution in [0.4, 0.5) is 0 Å². The van der Waals surface area contributed by atoms with Gasteiger partial charge in [-0.2, -0.15) is 0 Å². The first-order valence-corrected chi connectivity index (χ1v) is 4.77. The molecule has 0 aliphatic heterocycles. The Morgan fingerprint density at radius 2 is 1.93 bits per heavy atom. The Morgan fingerprint density at radius 3 is 2.60 bits per heavy atom. The van der Waals surface area contributed by atoms with Crippen LogP contribution in [0.5, 0.6) is 0 Å². The second kappa shape index (κ2) is 3.35. The van der Waals surface area contributed by atoms with E-state index in [1.807, 2.05) is 31.2 Å². The van der Waals surface area contributed by atoms with Gasteiger partial charge in [-0.1, -0.05) is 18.2 Å². The van der Waals surface area contributed by atoms with Crippen LogP contribution in [0.2, 0.25) is 0 Å². The molecule has 1 amide bonds. The SMILES string of the molecule is Cc1nc2ccccc2c(C)c1C(N)=O. The largest absolute Gasteiger partial charge is 0.366 e. The fraction of sp³-hybridized carbons (Fsp3) is 0.167. The minimum atomic E-state index is -0.414. The molecule has 76 valence electrons. The Labute approximate surface area is 87.9 Å². The van der Waals surface area contributed by atoms with Crippen molar-refractivity contribution < 1.29 is 4.79 Å².